The molecule has 1 atom stereocenters. The van der Waals surface area contributed by atoms with Gasteiger partial charge >= 0.3 is 12.0 Å². The average Bonchev–Trinajstić information content (AvgIpc) is 2.53. The fraction of sp³-hybridized carbons (Fsp3) is 0.438. The number of hydrogen-bond donors (Lipinski definition) is 2. The quantitative estimate of drug-likeness (QED) is 0.696. The lowest BCUT2D eigenvalue weighted by atomic mass is 10.2. The molecule has 0 bridgehead atoms. The molecule has 0 saturated heterocycles. The maximum Gasteiger partial charge on any atom is 0.339 e. The summed E-state index contributed by atoms with van der Waals surface area (Å²) in [6.45, 7) is 6.04. The fourth-order valence-corrected chi connectivity index (χ4v) is 1.74. The first-order chi connectivity index (χ1) is 11.4. The number of rotatable bonds is 8. The molecule has 0 unspecified atom stereocenters. The van der Waals surface area contributed by atoms with Gasteiger partial charge in [0.2, 0.25) is 0 Å². The number of primary amides is 1. The molecule has 8 heteroatoms. The molecule has 0 radical (unpaired) electrons. The van der Waals surface area contributed by atoms with E-state index in [1.807, 2.05) is 19.2 Å². The molecular weight excluding hydrogens is 316 g/mol. The summed E-state index contributed by atoms with van der Waals surface area (Å²) < 4.78 is 16.0. The second kappa shape index (κ2) is 9.39. The number of esters is 1. The summed E-state index contributed by atoms with van der Waals surface area (Å²) in [6.07, 6.45) is -0.335. The first kappa shape index (κ1) is 19.3. The highest BCUT2D eigenvalue weighted by Gasteiger charge is 2.21. The Morgan fingerprint density at radius 2 is 1.88 bits per heavy atom. The predicted octanol–water partition coefficient (Wildman–Crippen LogP) is 1.61. The van der Waals surface area contributed by atoms with Gasteiger partial charge in [0.15, 0.2) is 17.6 Å². The van der Waals surface area contributed by atoms with E-state index in [1.54, 1.807) is 6.07 Å². The van der Waals surface area contributed by atoms with Crippen LogP contribution < -0.4 is 20.5 Å². The Labute approximate surface area is 140 Å². The van der Waals surface area contributed by atoms with Crippen LogP contribution in [0, 0.1) is 0 Å². The molecule has 0 aliphatic carbocycles. The van der Waals surface area contributed by atoms with Gasteiger partial charge in [0.1, 0.15) is 0 Å². The highest BCUT2D eigenvalue weighted by Crippen LogP contribution is 2.29. The number of amides is 3. The van der Waals surface area contributed by atoms with E-state index in [1.165, 1.54) is 19.1 Å². The van der Waals surface area contributed by atoms with Gasteiger partial charge in [-0.3, -0.25) is 10.1 Å². The maximum absolute atomic E-state index is 12.1. The lowest BCUT2D eigenvalue weighted by Crippen LogP contribution is -2.42. The minimum atomic E-state index is -1.17. The van der Waals surface area contributed by atoms with E-state index >= 15 is 0 Å². The number of hydrogen-bond acceptors (Lipinski definition) is 6. The normalized spacial score (nSPS) is 11.3. The molecule has 24 heavy (non-hydrogen) atoms. The Kier molecular flexibility index (Phi) is 7.54. The lowest BCUT2D eigenvalue weighted by Gasteiger charge is -2.14. The molecule has 8 nitrogen and oxygen atoms in total. The minimum Gasteiger partial charge on any atom is -0.490 e. The zero-order valence-corrected chi connectivity index (χ0v) is 14.0. The van der Waals surface area contributed by atoms with Crippen molar-refractivity contribution in [2.75, 3.05) is 13.2 Å². The predicted molar refractivity (Wildman–Crippen MR) is 86.0 cm³/mol. The lowest BCUT2D eigenvalue weighted by molar-refractivity contribution is -0.127. The summed E-state index contributed by atoms with van der Waals surface area (Å²) in [5.41, 5.74) is 5.04. The van der Waals surface area contributed by atoms with Crippen LogP contribution in [-0.4, -0.2) is 37.2 Å². The monoisotopic (exact) mass is 338 g/mol. The molecule has 0 aliphatic heterocycles. The van der Waals surface area contributed by atoms with Crippen molar-refractivity contribution in [2.45, 2.75) is 33.3 Å². The van der Waals surface area contributed by atoms with Crippen LogP contribution in [-0.2, 0) is 9.53 Å². The Morgan fingerprint density at radius 3 is 2.46 bits per heavy atom. The summed E-state index contributed by atoms with van der Waals surface area (Å²) >= 11 is 0. The van der Waals surface area contributed by atoms with Crippen molar-refractivity contribution in [2.24, 2.45) is 5.73 Å². The van der Waals surface area contributed by atoms with Crippen molar-refractivity contribution < 1.29 is 28.6 Å². The number of carbonyl (C=O) groups excluding carboxylic acids is 3. The summed E-state index contributed by atoms with van der Waals surface area (Å²) in [5.74, 6) is -0.599. The number of imide groups is 1. The molecule has 0 fully saturated rings. The van der Waals surface area contributed by atoms with Gasteiger partial charge in [0.05, 0.1) is 18.8 Å². The molecule has 0 saturated carbocycles. The zero-order chi connectivity index (χ0) is 18.1. The van der Waals surface area contributed by atoms with Crippen molar-refractivity contribution in [1.29, 1.82) is 0 Å². The van der Waals surface area contributed by atoms with Gasteiger partial charge in [-0.25, -0.2) is 9.59 Å². The Bertz CT molecular complexity index is 602. The molecule has 3 N–H and O–H groups in total. The standard InChI is InChI=1S/C16H22N2O6/c1-4-8-23-12-7-6-11(9-13(12)22-5-2)15(20)24-10(3)14(19)18-16(17)21/h6-7,9-10H,4-5,8H2,1-3H3,(H3,17,18,19,21)/t10-/m1/s1. The van der Waals surface area contributed by atoms with Gasteiger partial charge in [-0.15, -0.1) is 0 Å². The highest BCUT2D eigenvalue weighted by atomic mass is 16.5. The number of urea groups is 1. The van der Waals surface area contributed by atoms with Crippen LogP contribution in [0.2, 0.25) is 0 Å². The number of ether oxygens (including phenoxy) is 3. The van der Waals surface area contributed by atoms with Crippen LogP contribution in [0.5, 0.6) is 11.5 Å². The molecule has 1 aromatic carbocycles. The smallest absolute Gasteiger partial charge is 0.339 e. The van der Waals surface area contributed by atoms with E-state index in [2.05, 4.69) is 0 Å². The van der Waals surface area contributed by atoms with Crippen molar-refractivity contribution in [1.82, 2.24) is 5.32 Å². The van der Waals surface area contributed by atoms with E-state index in [4.69, 9.17) is 19.9 Å². The van der Waals surface area contributed by atoms with Crippen molar-refractivity contribution in [3.8, 4) is 11.5 Å². The van der Waals surface area contributed by atoms with Gasteiger partial charge in [0, 0.05) is 0 Å². The Morgan fingerprint density at radius 1 is 1.17 bits per heavy atom. The Balaban J connectivity index is 2.84. The number of nitrogens with two attached hydrogens (primary N) is 1. The topological polar surface area (TPSA) is 117 Å². The molecule has 3 amide bonds. The molecule has 0 aliphatic rings. The third-order valence-corrected chi connectivity index (χ3v) is 2.84. The van der Waals surface area contributed by atoms with E-state index in [0.29, 0.717) is 24.7 Å². The van der Waals surface area contributed by atoms with E-state index in [-0.39, 0.29) is 5.56 Å². The van der Waals surface area contributed by atoms with E-state index in [0.717, 1.165) is 6.42 Å². The van der Waals surface area contributed by atoms with Crippen molar-refractivity contribution >= 4 is 17.9 Å². The first-order valence-corrected chi connectivity index (χ1v) is 7.59. The molecule has 132 valence electrons. The molecule has 1 aromatic rings. The second-order valence-corrected chi connectivity index (χ2v) is 4.84. The summed E-state index contributed by atoms with van der Waals surface area (Å²) in [4.78, 5) is 34.3. The maximum atomic E-state index is 12.1. The summed E-state index contributed by atoms with van der Waals surface area (Å²) in [6, 6.07) is 3.58. The SMILES string of the molecule is CCCOc1ccc(C(=O)O[C@H](C)C(=O)NC(N)=O)cc1OCC. The van der Waals surface area contributed by atoms with Crippen molar-refractivity contribution in [3.05, 3.63) is 23.8 Å². The number of carbonyl (C=O) groups is 3. The first-order valence-electron chi connectivity index (χ1n) is 7.59. The number of nitrogens with one attached hydrogen (secondary N) is 1. The third-order valence-electron chi connectivity index (χ3n) is 2.84. The number of benzene rings is 1. The fourth-order valence-electron chi connectivity index (χ4n) is 1.74. The highest BCUT2D eigenvalue weighted by molar-refractivity contribution is 5.98. The van der Waals surface area contributed by atoms with Gasteiger partial charge in [-0.05, 0) is 38.5 Å². The van der Waals surface area contributed by atoms with Crippen LogP contribution in [0.25, 0.3) is 0 Å². The molecule has 0 heterocycles. The van der Waals surface area contributed by atoms with Gasteiger partial charge in [-0.2, -0.15) is 0 Å². The zero-order valence-electron chi connectivity index (χ0n) is 14.0. The van der Waals surface area contributed by atoms with E-state index in [9.17, 15) is 14.4 Å². The van der Waals surface area contributed by atoms with Gasteiger partial charge in [0.25, 0.3) is 5.91 Å². The van der Waals surface area contributed by atoms with Crippen LogP contribution in [0.3, 0.4) is 0 Å². The summed E-state index contributed by atoms with van der Waals surface area (Å²) in [5, 5.41) is 1.84. The van der Waals surface area contributed by atoms with Crippen LogP contribution in [0.4, 0.5) is 4.79 Å². The van der Waals surface area contributed by atoms with E-state index < -0.39 is 24.0 Å². The molecule has 0 aromatic heterocycles. The summed E-state index contributed by atoms with van der Waals surface area (Å²) in [7, 11) is 0. The molecule has 1 rings (SSSR count). The minimum absolute atomic E-state index is 0.195. The average molecular weight is 338 g/mol. The Hall–Kier alpha value is -2.77. The van der Waals surface area contributed by atoms with Crippen molar-refractivity contribution in [3.63, 3.8) is 0 Å². The molecular formula is C16H22N2O6. The van der Waals surface area contributed by atoms with Gasteiger partial charge in [-0.1, -0.05) is 6.92 Å². The largest absolute Gasteiger partial charge is 0.490 e. The van der Waals surface area contributed by atoms with Crippen LogP contribution in [0.15, 0.2) is 18.2 Å². The third kappa shape index (κ3) is 5.79. The van der Waals surface area contributed by atoms with Crippen LogP contribution in [0.1, 0.15) is 37.6 Å². The van der Waals surface area contributed by atoms with Gasteiger partial charge < -0.3 is 19.9 Å². The van der Waals surface area contributed by atoms with Crippen LogP contribution >= 0.6 is 0 Å². The molecule has 0 spiro atoms. The second-order valence-electron chi connectivity index (χ2n) is 4.84.